The molecule has 0 saturated carbocycles. The van der Waals surface area contributed by atoms with Crippen LogP contribution in [0.15, 0.2) is 63.7 Å². The molecule has 0 spiro atoms. The van der Waals surface area contributed by atoms with Crippen molar-refractivity contribution in [3.8, 4) is 23.0 Å². The third-order valence-corrected chi connectivity index (χ3v) is 5.15. The van der Waals surface area contributed by atoms with Gasteiger partial charge in [-0.25, -0.2) is 0 Å². The second-order valence-electron chi connectivity index (χ2n) is 6.62. The maximum Gasteiger partial charge on any atom is 0.248 e. The normalized spacial score (nSPS) is 10.7. The van der Waals surface area contributed by atoms with Crippen LogP contribution in [0.3, 0.4) is 0 Å². The molecule has 0 radical (unpaired) electrons. The van der Waals surface area contributed by atoms with Crippen LogP contribution in [0.4, 0.5) is 5.69 Å². The Labute approximate surface area is 182 Å². The van der Waals surface area contributed by atoms with E-state index < -0.39 is 0 Å². The minimum atomic E-state index is -0.207. The molecule has 0 fully saturated rings. The van der Waals surface area contributed by atoms with E-state index in [-0.39, 0.29) is 12.3 Å². The fourth-order valence-corrected chi connectivity index (χ4v) is 3.59. The van der Waals surface area contributed by atoms with Crippen LogP contribution in [0.5, 0.6) is 11.5 Å². The van der Waals surface area contributed by atoms with Gasteiger partial charge in [-0.3, -0.25) is 4.79 Å². The van der Waals surface area contributed by atoms with Crippen LogP contribution < -0.4 is 10.1 Å². The van der Waals surface area contributed by atoms with Crippen LogP contribution in [0.1, 0.15) is 17.9 Å². The minimum Gasteiger partial charge on any atom is -0.455 e. The lowest BCUT2D eigenvalue weighted by Crippen LogP contribution is -2.13. The number of rotatable bonds is 7. The van der Waals surface area contributed by atoms with Crippen LogP contribution in [0.2, 0.25) is 5.02 Å². The van der Waals surface area contributed by atoms with Gasteiger partial charge < -0.3 is 14.5 Å². The fraction of sp³-hybridized carbons (Fsp3) is 0.136. The summed E-state index contributed by atoms with van der Waals surface area (Å²) in [6.45, 7) is 1.98. The molecule has 2 heterocycles. The molecule has 0 bridgehead atoms. The fourth-order valence-electron chi connectivity index (χ4n) is 2.79. The molecule has 2 aromatic carbocycles. The van der Waals surface area contributed by atoms with Gasteiger partial charge in [0.05, 0.1) is 5.69 Å². The molecule has 0 unspecified atom stereocenters. The molecule has 8 heteroatoms. The number of ether oxygens (including phenoxy) is 1. The number of aromatic nitrogens is 2. The summed E-state index contributed by atoms with van der Waals surface area (Å²) in [7, 11) is 0. The average molecular weight is 440 g/mol. The molecule has 4 aromatic rings. The van der Waals surface area contributed by atoms with Gasteiger partial charge in [-0.05, 0) is 54.3 Å². The summed E-state index contributed by atoms with van der Waals surface area (Å²) in [6.07, 6.45) is 0.513. The number of thiophene rings is 1. The summed E-state index contributed by atoms with van der Waals surface area (Å²) in [4.78, 5) is 12.5. The van der Waals surface area contributed by atoms with E-state index in [2.05, 4.69) is 15.5 Å². The van der Waals surface area contributed by atoms with Gasteiger partial charge in [-0.2, -0.15) is 11.3 Å². The third kappa shape index (κ3) is 5.06. The van der Waals surface area contributed by atoms with E-state index in [0.29, 0.717) is 40.4 Å². The minimum absolute atomic E-state index is 0.182. The van der Waals surface area contributed by atoms with Gasteiger partial charge in [-0.15, -0.1) is 10.2 Å². The van der Waals surface area contributed by atoms with E-state index in [0.717, 1.165) is 11.1 Å². The number of aryl methyl sites for hydroxylation is 2. The zero-order valence-corrected chi connectivity index (χ0v) is 17.7. The van der Waals surface area contributed by atoms with E-state index in [1.807, 2.05) is 48.0 Å². The summed E-state index contributed by atoms with van der Waals surface area (Å²) in [5, 5.41) is 15.3. The molecule has 0 aliphatic heterocycles. The second-order valence-corrected chi connectivity index (χ2v) is 7.84. The van der Waals surface area contributed by atoms with Crippen molar-refractivity contribution in [1.82, 2.24) is 10.2 Å². The maximum absolute atomic E-state index is 12.5. The highest BCUT2D eigenvalue weighted by Gasteiger charge is 2.13. The first-order chi connectivity index (χ1) is 14.6. The van der Waals surface area contributed by atoms with Crippen LogP contribution in [0.25, 0.3) is 11.5 Å². The molecule has 1 amide bonds. The summed E-state index contributed by atoms with van der Waals surface area (Å²) in [5.74, 6) is 1.85. The summed E-state index contributed by atoms with van der Waals surface area (Å²) in [6, 6.07) is 14.7. The quantitative estimate of drug-likeness (QED) is 0.375. The summed E-state index contributed by atoms with van der Waals surface area (Å²) < 4.78 is 11.6. The maximum atomic E-state index is 12.5. The highest BCUT2D eigenvalue weighted by Crippen LogP contribution is 2.32. The van der Waals surface area contributed by atoms with E-state index in [1.165, 1.54) is 0 Å². The van der Waals surface area contributed by atoms with Crippen molar-refractivity contribution < 1.29 is 13.9 Å². The first-order valence-electron chi connectivity index (χ1n) is 9.26. The number of carbonyl (C=O) groups excluding carboxylic acids is 1. The van der Waals surface area contributed by atoms with Crippen molar-refractivity contribution in [3.05, 3.63) is 75.8 Å². The smallest absolute Gasteiger partial charge is 0.248 e. The van der Waals surface area contributed by atoms with Crippen LogP contribution in [-0.4, -0.2) is 16.1 Å². The Hall–Kier alpha value is -3.16. The zero-order chi connectivity index (χ0) is 20.9. The van der Waals surface area contributed by atoms with Gasteiger partial charge in [0.25, 0.3) is 0 Å². The number of nitrogens with zero attached hydrogens (tertiary/aromatic N) is 2. The molecule has 152 valence electrons. The zero-order valence-electron chi connectivity index (χ0n) is 16.1. The van der Waals surface area contributed by atoms with Crippen molar-refractivity contribution in [3.63, 3.8) is 0 Å². The van der Waals surface area contributed by atoms with Crippen LogP contribution in [0, 0.1) is 6.92 Å². The van der Waals surface area contributed by atoms with E-state index in [1.54, 1.807) is 29.5 Å². The Balaban J connectivity index is 1.41. The first-order valence-corrected chi connectivity index (χ1v) is 10.6. The number of nitrogens with one attached hydrogen (secondary N) is 1. The topological polar surface area (TPSA) is 77.2 Å². The van der Waals surface area contributed by atoms with Crippen LogP contribution in [-0.2, 0) is 11.2 Å². The van der Waals surface area contributed by atoms with Crippen molar-refractivity contribution in [2.75, 3.05) is 5.32 Å². The second kappa shape index (κ2) is 9.11. The number of anilines is 1. The lowest BCUT2D eigenvalue weighted by molar-refractivity contribution is -0.116. The predicted molar refractivity (Wildman–Crippen MR) is 117 cm³/mol. The molecule has 0 saturated heterocycles. The Morgan fingerprint density at radius 1 is 1.20 bits per heavy atom. The number of halogens is 1. The Kier molecular flexibility index (Phi) is 6.11. The molecule has 30 heavy (non-hydrogen) atoms. The summed E-state index contributed by atoms with van der Waals surface area (Å²) >= 11 is 7.67. The third-order valence-electron chi connectivity index (χ3n) is 4.23. The number of benzene rings is 2. The van der Waals surface area contributed by atoms with Gasteiger partial charge in [-0.1, -0.05) is 23.7 Å². The predicted octanol–water partition coefficient (Wildman–Crippen LogP) is 6.12. The van der Waals surface area contributed by atoms with Gasteiger partial charge in [0.1, 0.15) is 5.75 Å². The molecule has 0 atom stereocenters. The molecule has 4 rings (SSSR count). The van der Waals surface area contributed by atoms with E-state index >= 15 is 0 Å². The molecule has 6 nitrogen and oxygen atoms in total. The number of carbonyl (C=O) groups is 1. The van der Waals surface area contributed by atoms with Gasteiger partial charge in [0.2, 0.25) is 17.7 Å². The Bertz CT molecular complexity index is 1160. The summed E-state index contributed by atoms with van der Waals surface area (Å²) in [5.41, 5.74) is 2.45. The van der Waals surface area contributed by atoms with Crippen molar-refractivity contribution in [1.29, 1.82) is 0 Å². The molecule has 1 N–H and O–H groups in total. The molecule has 0 aliphatic carbocycles. The van der Waals surface area contributed by atoms with E-state index in [4.69, 9.17) is 20.8 Å². The first kappa shape index (κ1) is 20.1. The molecule has 2 aromatic heterocycles. The average Bonchev–Trinajstić information content (AvgIpc) is 3.40. The number of hydrogen-bond acceptors (Lipinski definition) is 6. The van der Waals surface area contributed by atoms with Gasteiger partial charge >= 0.3 is 0 Å². The monoisotopic (exact) mass is 439 g/mol. The molecular weight excluding hydrogens is 422 g/mol. The van der Waals surface area contributed by atoms with Gasteiger partial charge in [0.15, 0.2) is 5.75 Å². The van der Waals surface area contributed by atoms with Crippen molar-refractivity contribution in [2.45, 2.75) is 19.8 Å². The Morgan fingerprint density at radius 2 is 2.10 bits per heavy atom. The number of hydrogen-bond donors (Lipinski definition) is 1. The standard InChI is InChI=1S/C22H18ClN3O3S/c1-14-3-2-4-17(11-14)28-19-6-5-16(23)12-18(19)24-20(27)7-8-21-25-26-22(29-21)15-9-10-30-13-15/h2-6,9-13H,7-8H2,1H3,(H,24,27). The Morgan fingerprint density at radius 3 is 2.90 bits per heavy atom. The molecule has 0 aliphatic rings. The lowest BCUT2D eigenvalue weighted by atomic mass is 10.2. The largest absolute Gasteiger partial charge is 0.455 e. The van der Waals surface area contributed by atoms with Crippen molar-refractivity contribution in [2.24, 2.45) is 0 Å². The van der Waals surface area contributed by atoms with Crippen molar-refractivity contribution >= 4 is 34.5 Å². The lowest BCUT2D eigenvalue weighted by Gasteiger charge is -2.13. The highest BCUT2D eigenvalue weighted by molar-refractivity contribution is 7.08. The number of amides is 1. The van der Waals surface area contributed by atoms with Crippen LogP contribution >= 0.6 is 22.9 Å². The highest BCUT2D eigenvalue weighted by atomic mass is 35.5. The van der Waals surface area contributed by atoms with Gasteiger partial charge in [0, 0.05) is 28.8 Å². The SMILES string of the molecule is Cc1cccc(Oc2ccc(Cl)cc2NC(=O)CCc2nnc(-c3ccsc3)o2)c1. The molecular formula is C22H18ClN3O3S. The van der Waals surface area contributed by atoms with E-state index in [9.17, 15) is 4.79 Å².